The standard InChI is InChI=1S/C24H21N5O3S2/c1-14(27-22(30)17-9-4-5-10-19(17)34(3,31)32)15-7-6-8-16(11-15)23-28-20-21-18(26-13-29(21)2)12-25-24(20)33-23/h4-14H,1-3H3,(H,27,30)/t14-/m0/s1. The van der Waals surface area contributed by atoms with Crippen LogP contribution in [0.4, 0.5) is 0 Å². The van der Waals surface area contributed by atoms with Crippen LogP contribution >= 0.6 is 11.3 Å². The molecular formula is C24H21N5O3S2. The monoisotopic (exact) mass is 491 g/mol. The first kappa shape index (κ1) is 22.2. The molecule has 0 fully saturated rings. The van der Waals surface area contributed by atoms with E-state index in [1.807, 2.05) is 42.8 Å². The summed E-state index contributed by atoms with van der Waals surface area (Å²) in [6, 6.07) is 13.6. The lowest BCUT2D eigenvalue weighted by atomic mass is 10.0. The highest BCUT2D eigenvalue weighted by Gasteiger charge is 2.20. The summed E-state index contributed by atoms with van der Waals surface area (Å²) in [6.45, 7) is 1.86. The van der Waals surface area contributed by atoms with Gasteiger partial charge in [-0.1, -0.05) is 41.7 Å². The van der Waals surface area contributed by atoms with Crippen LogP contribution in [0.25, 0.3) is 32.0 Å². The number of nitrogens with zero attached hydrogens (tertiary/aromatic N) is 4. The molecule has 0 saturated carbocycles. The number of benzene rings is 2. The van der Waals surface area contributed by atoms with Crippen molar-refractivity contribution in [2.24, 2.45) is 7.05 Å². The Hall–Kier alpha value is -3.63. The van der Waals surface area contributed by atoms with Gasteiger partial charge in [0.2, 0.25) is 0 Å². The number of carbonyl (C=O) groups excluding carboxylic acids is 1. The number of carbonyl (C=O) groups is 1. The zero-order valence-corrected chi connectivity index (χ0v) is 20.3. The summed E-state index contributed by atoms with van der Waals surface area (Å²) in [5, 5.41) is 3.73. The third-order valence-electron chi connectivity index (χ3n) is 5.62. The van der Waals surface area contributed by atoms with E-state index in [9.17, 15) is 13.2 Å². The summed E-state index contributed by atoms with van der Waals surface area (Å²) < 4.78 is 26.1. The van der Waals surface area contributed by atoms with Gasteiger partial charge in [0, 0.05) is 18.9 Å². The van der Waals surface area contributed by atoms with Crippen LogP contribution in [0.15, 0.2) is 66.0 Å². The fraction of sp³-hybridized carbons (Fsp3) is 0.167. The number of hydrogen-bond donors (Lipinski definition) is 1. The SMILES string of the molecule is C[C@H](NC(=O)c1ccccc1S(C)(=O)=O)c1cccc(-c2nc3c(ncc4ncn(C)c43)s2)c1. The lowest BCUT2D eigenvalue weighted by molar-refractivity contribution is 0.0936. The van der Waals surface area contributed by atoms with Gasteiger partial charge in [-0.15, -0.1) is 0 Å². The summed E-state index contributed by atoms with van der Waals surface area (Å²) in [5.41, 5.74) is 4.46. The molecule has 10 heteroatoms. The third-order valence-corrected chi connectivity index (χ3v) is 7.78. The second-order valence-electron chi connectivity index (χ2n) is 8.11. The van der Waals surface area contributed by atoms with Crippen molar-refractivity contribution >= 4 is 48.5 Å². The van der Waals surface area contributed by atoms with Crippen LogP contribution in [-0.2, 0) is 16.9 Å². The Morgan fingerprint density at radius 1 is 1.12 bits per heavy atom. The number of fused-ring (bicyclic) bond motifs is 3. The first-order chi connectivity index (χ1) is 16.2. The number of thiazole rings is 1. The molecular weight excluding hydrogens is 470 g/mol. The molecule has 0 radical (unpaired) electrons. The van der Waals surface area contributed by atoms with Crippen molar-refractivity contribution in [3.8, 4) is 10.6 Å². The number of hydrogen-bond acceptors (Lipinski definition) is 7. The van der Waals surface area contributed by atoms with Crippen molar-refractivity contribution in [1.29, 1.82) is 0 Å². The molecule has 172 valence electrons. The zero-order chi connectivity index (χ0) is 24.0. The maximum absolute atomic E-state index is 12.9. The summed E-state index contributed by atoms with van der Waals surface area (Å²) in [5.74, 6) is -0.443. The molecule has 0 aliphatic rings. The molecule has 2 aromatic carbocycles. The van der Waals surface area contributed by atoms with Crippen molar-refractivity contribution in [2.75, 3.05) is 6.26 Å². The molecule has 0 saturated heterocycles. The lowest BCUT2D eigenvalue weighted by Gasteiger charge is -2.16. The molecule has 0 aliphatic carbocycles. The predicted octanol–water partition coefficient (Wildman–Crippen LogP) is 4.14. The topological polar surface area (TPSA) is 107 Å². The maximum atomic E-state index is 12.9. The van der Waals surface area contributed by atoms with Crippen LogP contribution in [0.5, 0.6) is 0 Å². The molecule has 1 amide bonds. The zero-order valence-electron chi connectivity index (χ0n) is 18.7. The molecule has 0 bridgehead atoms. The highest BCUT2D eigenvalue weighted by Crippen LogP contribution is 2.33. The molecule has 1 atom stereocenters. The smallest absolute Gasteiger partial charge is 0.253 e. The molecule has 1 N–H and O–H groups in total. The van der Waals surface area contributed by atoms with Crippen molar-refractivity contribution in [3.63, 3.8) is 0 Å². The fourth-order valence-corrected chi connectivity index (χ4v) is 5.70. The van der Waals surface area contributed by atoms with E-state index in [1.54, 1.807) is 24.7 Å². The molecule has 0 aliphatic heterocycles. The average Bonchev–Trinajstić information content (AvgIpc) is 3.42. The van der Waals surface area contributed by atoms with Crippen LogP contribution in [0.2, 0.25) is 0 Å². The third kappa shape index (κ3) is 3.95. The van der Waals surface area contributed by atoms with Gasteiger partial charge in [-0.2, -0.15) is 0 Å². The normalized spacial score (nSPS) is 12.8. The van der Waals surface area contributed by atoms with E-state index in [0.717, 1.165) is 43.8 Å². The minimum absolute atomic E-state index is 0.0110. The number of nitrogens with one attached hydrogen (secondary N) is 1. The first-order valence-electron chi connectivity index (χ1n) is 10.5. The van der Waals surface area contributed by atoms with E-state index < -0.39 is 15.7 Å². The highest BCUT2D eigenvalue weighted by atomic mass is 32.2. The number of imidazole rings is 1. The van der Waals surface area contributed by atoms with E-state index in [4.69, 9.17) is 4.98 Å². The average molecular weight is 492 g/mol. The van der Waals surface area contributed by atoms with Gasteiger partial charge in [-0.3, -0.25) is 4.79 Å². The van der Waals surface area contributed by atoms with Gasteiger partial charge < -0.3 is 9.88 Å². The van der Waals surface area contributed by atoms with Gasteiger partial charge in [0.05, 0.1) is 34.5 Å². The second-order valence-corrected chi connectivity index (χ2v) is 11.1. The molecule has 0 unspecified atom stereocenters. The van der Waals surface area contributed by atoms with Crippen LogP contribution < -0.4 is 5.32 Å². The van der Waals surface area contributed by atoms with Gasteiger partial charge in [0.1, 0.15) is 20.9 Å². The molecule has 34 heavy (non-hydrogen) atoms. The van der Waals surface area contributed by atoms with Crippen molar-refractivity contribution in [1.82, 2.24) is 24.8 Å². The molecule has 3 aromatic heterocycles. The number of aryl methyl sites for hydroxylation is 1. The summed E-state index contributed by atoms with van der Waals surface area (Å²) in [6.07, 6.45) is 4.60. The first-order valence-corrected chi connectivity index (χ1v) is 13.2. The maximum Gasteiger partial charge on any atom is 0.253 e. The Morgan fingerprint density at radius 3 is 2.71 bits per heavy atom. The van der Waals surface area contributed by atoms with Crippen molar-refractivity contribution in [2.45, 2.75) is 17.9 Å². The van der Waals surface area contributed by atoms with Crippen LogP contribution in [0.3, 0.4) is 0 Å². The van der Waals surface area contributed by atoms with Crippen LogP contribution in [-0.4, -0.2) is 40.1 Å². The molecule has 5 aromatic rings. The number of rotatable bonds is 5. The summed E-state index contributed by atoms with van der Waals surface area (Å²) >= 11 is 1.50. The number of sulfone groups is 1. The van der Waals surface area contributed by atoms with E-state index in [0.29, 0.717) is 0 Å². The van der Waals surface area contributed by atoms with Gasteiger partial charge in [0.15, 0.2) is 9.84 Å². The number of amides is 1. The van der Waals surface area contributed by atoms with Crippen molar-refractivity contribution < 1.29 is 13.2 Å². The Bertz CT molecular complexity index is 1670. The van der Waals surface area contributed by atoms with E-state index in [1.165, 1.54) is 23.5 Å². The Morgan fingerprint density at radius 2 is 1.91 bits per heavy atom. The molecule has 0 spiro atoms. The van der Waals surface area contributed by atoms with E-state index in [2.05, 4.69) is 15.3 Å². The summed E-state index contributed by atoms with van der Waals surface area (Å²) in [4.78, 5) is 27.4. The van der Waals surface area contributed by atoms with Gasteiger partial charge in [-0.05, 0) is 30.7 Å². The van der Waals surface area contributed by atoms with E-state index in [-0.39, 0.29) is 16.5 Å². The van der Waals surface area contributed by atoms with Crippen molar-refractivity contribution in [3.05, 3.63) is 72.2 Å². The highest BCUT2D eigenvalue weighted by molar-refractivity contribution is 7.90. The second kappa shape index (κ2) is 8.30. The Balaban J connectivity index is 1.45. The lowest BCUT2D eigenvalue weighted by Crippen LogP contribution is -2.28. The Labute approximate surface area is 200 Å². The molecule has 8 nitrogen and oxygen atoms in total. The molecule has 5 rings (SSSR count). The number of aromatic nitrogens is 4. The minimum Gasteiger partial charge on any atom is -0.345 e. The van der Waals surface area contributed by atoms with Gasteiger partial charge >= 0.3 is 0 Å². The van der Waals surface area contributed by atoms with Gasteiger partial charge in [0.25, 0.3) is 5.91 Å². The number of pyridine rings is 1. The van der Waals surface area contributed by atoms with E-state index >= 15 is 0 Å². The minimum atomic E-state index is -3.53. The van der Waals surface area contributed by atoms with Crippen LogP contribution in [0, 0.1) is 0 Å². The Kier molecular flexibility index (Phi) is 5.41. The van der Waals surface area contributed by atoms with Crippen LogP contribution in [0.1, 0.15) is 28.9 Å². The molecule has 3 heterocycles. The quantitative estimate of drug-likeness (QED) is 0.396. The van der Waals surface area contributed by atoms with Gasteiger partial charge in [-0.25, -0.2) is 23.4 Å². The largest absolute Gasteiger partial charge is 0.345 e. The summed E-state index contributed by atoms with van der Waals surface area (Å²) in [7, 11) is -1.60. The fourth-order valence-electron chi connectivity index (χ4n) is 3.90. The predicted molar refractivity (Wildman–Crippen MR) is 133 cm³/mol.